The number of piperazine rings is 1. The number of anilines is 1. The number of rotatable bonds is 8. The molecule has 2 aromatic rings. The van der Waals surface area contributed by atoms with Crippen LogP contribution in [0.15, 0.2) is 48.5 Å². The maximum atomic E-state index is 12.3. The second-order valence-corrected chi connectivity index (χ2v) is 9.45. The van der Waals surface area contributed by atoms with Gasteiger partial charge in [0.2, 0.25) is 10.0 Å². The third kappa shape index (κ3) is 6.06. The van der Waals surface area contributed by atoms with Crippen molar-refractivity contribution in [1.29, 1.82) is 0 Å². The van der Waals surface area contributed by atoms with E-state index >= 15 is 0 Å². The largest absolute Gasteiger partial charge is 0.369 e. The fourth-order valence-electron chi connectivity index (χ4n) is 3.49. The van der Waals surface area contributed by atoms with Gasteiger partial charge in [-0.05, 0) is 55.6 Å². The summed E-state index contributed by atoms with van der Waals surface area (Å²) in [6.07, 6.45) is 1.66. The molecular formula is C22H31N3O2S. The van der Waals surface area contributed by atoms with Crippen molar-refractivity contribution in [3.05, 3.63) is 65.2 Å². The van der Waals surface area contributed by atoms with Gasteiger partial charge in [0.1, 0.15) is 0 Å². The van der Waals surface area contributed by atoms with Gasteiger partial charge in [-0.2, -0.15) is 0 Å². The van der Waals surface area contributed by atoms with Crippen LogP contribution in [-0.2, 0) is 22.2 Å². The predicted molar refractivity (Wildman–Crippen MR) is 116 cm³/mol. The molecule has 0 atom stereocenters. The number of aryl methyl sites for hydroxylation is 2. The summed E-state index contributed by atoms with van der Waals surface area (Å²) in [5, 5.41) is 0. The van der Waals surface area contributed by atoms with Gasteiger partial charge in [0.05, 0.1) is 5.75 Å². The summed E-state index contributed by atoms with van der Waals surface area (Å²) >= 11 is 0. The van der Waals surface area contributed by atoms with Crippen molar-refractivity contribution in [3.63, 3.8) is 0 Å². The predicted octanol–water partition coefficient (Wildman–Crippen LogP) is 2.80. The first kappa shape index (κ1) is 20.8. The fraction of sp³-hybridized carbons (Fsp3) is 0.455. The van der Waals surface area contributed by atoms with Gasteiger partial charge in [0.15, 0.2) is 0 Å². The molecule has 0 bridgehead atoms. The van der Waals surface area contributed by atoms with E-state index in [1.165, 1.54) is 11.3 Å². The Labute approximate surface area is 169 Å². The lowest BCUT2D eigenvalue weighted by Crippen LogP contribution is -2.44. The van der Waals surface area contributed by atoms with Gasteiger partial charge in [0.25, 0.3) is 0 Å². The molecule has 3 rings (SSSR count). The number of likely N-dealkylation sites (N-methyl/N-ethyl adjacent to an activating group) is 1. The van der Waals surface area contributed by atoms with Crippen LogP contribution in [0.5, 0.6) is 0 Å². The molecule has 1 N–H and O–H groups in total. The molecule has 1 aliphatic heterocycles. The molecule has 0 saturated carbocycles. The van der Waals surface area contributed by atoms with E-state index in [0.29, 0.717) is 6.54 Å². The highest BCUT2D eigenvalue weighted by atomic mass is 32.2. The number of nitrogens with zero attached hydrogens (tertiary/aromatic N) is 2. The minimum atomic E-state index is -3.30. The molecule has 0 radical (unpaired) electrons. The van der Waals surface area contributed by atoms with E-state index in [-0.39, 0.29) is 5.75 Å². The van der Waals surface area contributed by atoms with Crippen LogP contribution in [0.3, 0.4) is 0 Å². The lowest BCUT2D eigenvalue weighted by atomic mass is 10.1. The van der Waals surface area contributed by atoms with Crippen LogP contribution in [0, 0.1) is 6.92 Å². The second kappa shape index (κ2) is 9.54. The van der Waals surface area contributed by atoms with E-state index in [2.05, 4.69) is 45.8 Å². The van der Waals surface area contributed by atoms with E-state index < -0.39 is 10.0 Å². The topological polar surface area (TPSA) is 52.7 Å². The van der Waals surface area contributed by atoms with Crippen molar-refractivity contribution in [2.45, 2.75) is 25.5 Å². The molecule has 5 nitrogen and oxygen atoms in total. The molecule has 0 aliphatic carbocycles. The zero-order chi connectivity index (χ0) is 20.0. The maximum absolute atomic E-state index is 12.3. The highest BCUT2D eigenvalue weighted by Gasteiger charge is 2.14. The van der Waals surface area contributed by atoms with Gasteiger partial charge in [-0.1, -0.05) is 36.4 Å². The minimum Gasteiger partial charge on any atom is -0.369 e. The average Bonchev–Trinajstić information content (AvgIpc) is 2.68. The normalized spacial score (nSPS) is 15.7. The summed E-state index contributed by atoms with van der Waals surface area (Å²) in [6.45, 7) is 6.75. The van der Waals surface area contributed by atoms with Gasteiger partial charge in [-0.3, -0.25) is 0 Å². The maximum Gasteiger partial charge on any atom is 0.215 e. The lowest BCUT2D eigenvalue weighted by Gasteiger charge is -2.34. The monoisotopic (exact) mass is 401 g/mol. The number of benzene rings is 2. The molecule has 0 aromatic heterocycles. The zero-order valence-electron chi connectivity index (χ0n) is 16.9. The molecule has 152 valence electrons. The van der Waals surface area contributed by atoms with Crippen molar-refractivity contribution in [2.24, 2.45) is 0 Å². The molecule has 1 aliphatic rings. The molecule has 0 amide bonds. The summed E-state index contributed by atoms with van der Waals surface area (Å²) in [5.41, 5.74) is 4.38. The van der Waals surface area contributed by atoms with E-state index in [1.54, 1.807) is 0 Å². The molecule has 6 heteroatoms. The first-order valence-electron chi connectivity index (χ1n) is 9.97. The molecule has 2 aromatic carbocycles. The molecular weight excluding hydrogens is 370 g/mol. The molecule has 28 heavy (non-hydrogen) atoms. The van der Waals surface area contributed by atoms with Crippen molar-refractivity contribution in [1.82, 2.24) is 9.62 Å². The van der Waals surface area contributed by atoms with Crippen molar-refractivity contribution in [2.75, 3.05) is 44.7 Å². The smallest absolute Gasteiger partial charge is 0.215 e. The first-order chi connectivity index (χ1) is 13.4. The highest BCUT2D eigenvalue weighted by molar-refractivity contribution is 7.88. The number of sulfonamides is 1. The standard InChI is InChI=1S/C22H31N3O2S/c1-19-6-3-4-8-21(19)18-28(26,27)23-13-5-7-20-9-11-22(12-10-20)25-16-14-24(2)15-17-25/h3-4,6,8-12,23H,5,7,13-18H2,1-2H3. The summed E-state index contributed by atoms with van der Waals surface area (Å²) in [6, 6.07) is 16.3. The third-order valence-electron chi connectivity index (χ3n) is 5.38. The van der Waals surface area contributed by atoms with E-state index in [0.717, 1.165) is 50.1 Å². The van der Waals surface area contributed by atoms with Gasteiger partial charge < -0.3 is 9.80 Å². The summed E-state index contributed by atoms with van der Waals surface area (Å²) < 4.78 is 27.3. The number of hydrogen-bond donors (Lipinski definition) is 1. The van der Waals surface area contributed by atoms with Gasteiger partial charge in [-0.25, -0.2) is 13.1 Å². The second-order valence-electron chi connectivity index (χ2n) is 7.64. The van der Waals surface area contributed by atoms with E-state index in [9.17, 15) is 8.42 Å². The number of hydrogen-bond acceptors (Lipinski definition) is 4. The Morgan fingerprint density at radius 2 is 1.64 bits per heavy atom. The number of nitrogens with one attached hydrogen (secondary N) is 1. The van der Waals surface area contributed by atoms with Crippen LogP contribution in [0.1, 0.15) is 23.1 Å². The van der Waals surface area contributed by atoms with Gasteiger partial charge in [-0.15, -0.1) is 0 Å². The Morgan fingerprint density at radius 3 is 2.32 bits per heavy atom. The van der Waals surface area contributed by atoms with Gasteiger partial charge >= 0.3 is 0 Å². The SMILES string of the molecule is Cc1ccccc1CS(=O)(=O)NCCCc1ccc(N2CCN(C)CC2)cc1. The molecule has 1 heterocycles. The Hall–Kier alpha value is -1.89. The molecule has 1 fully saturated rings. The van der Waals surface area contributed by atoms with Crippen molar-refractivity contribution in [3.8, 4) is 0 Å². The van der Waals surface area contributed by atoms with Crippen LogP contribution < -0.4 is 9.62 Å². The Bertz CT molecular complexity index is 858. The van der Waals surface area contributed by atoms with Crippen LogP contribution in [-0.4, -0.2) is 53.1 Å². The average molecular weight is 402 g/mol. The summed E-state index contributed by atoms with van der Waals surface area (Å²) in [7, 11) is -1.14. The van der Waals surface area contributed by atoms with E-state index in [1.807, 2.05) is 31.2 Å². The van der Waals surface area contributed by atoms with Crippen LogP contribution >= 0.6 is 0 Å². The first-order valence-corrected chi connectivity index (χ1v) is 11.6. The quantitative estimate of drug-likeness (QED) is 0.691. The molecule has 1 saturated heterocycles. The summed E-state index contributed by atoms with van der Waals surface area (Å²) in [4.78, 5) is 4.77. The van der Waals surface area contributed by atoms with Crippen LogP contribution in [0.4, 0.5) is 5.69 Å². The molecule has 0 unspecified atom stereocenters. The van der Waals surface area contributed by atoms with Gasteiger partial charge in [0, 0.05) is 38.4 Å². The fourth-order valence-corrected chi connectivity index (χ4v) is 4.78. The van der Waals surface area contributed by atoms with Crippen molar-refractivity contribution < 1.29 is 8.42 Å². The van der Waals surface area contributed by atoms with Crippen LogP contribution in [0.25, 0.3) is 0 Å². The van der Waals surface area contributed by atoms with E-state index in [4.69, 9.17) is 0 Å². The molecule has 0 spiro atoms. The summed E-state index contributed by atoms with van der Waals surface area (Å²) in [5.74, 6) is 0.0411. The zero-order valence-corrected chi connectivity index (χ0v) is 17.7. The Morgan fingerprint density at radius 1 is 0.964 bits per heavy atom. The van der Waals surface area contributed by atoms with Crippen molar-refractivity contribution >= 4 is 15.7 Å². The lowest BCUT2D eigenvalue weighted by molar-refractivity contribution is 0.313. The minimum absolute atomic E-state index is 0.0411. The highest BCUT2D eigenvalue weighted by Crippen LogP contribution is 2.18. The third-order valence-corrected chi connectivity index (χ3v) is 6.71. The van der Waals surface area contributed by atoms with Crippen LogP contribution in [0.2, 0.25) is 0 Å². The Balaban J connectivity index is 1.43. The Kier molecular flexibility index (Phi) is 7.10.